The van der Waals surface area contributed by atoms with Crippen LogP contribution in [-0.4, -0.2) is 24.5 Å². The molecule has 0 aromatic rings. The van der Waals surface area contributed by atoms with Gasteiger partial charge in [0.25, 0.3) is 0 Å². The summed E-state index contributed by atoms with van der Waals surface area (Å²) in [4.78, 5) is 2.58. The van der Waals surface area contributed by atoms with Gasteiger partial charge in [0.15, 0.2) is 0 Å². The van der Waals surface area contributed by atoms with E-state index in [2.05, 4.69) is 24.8 Å². The Hall–Kier alpha value is -0.550. The number of nitrogens with zero attached hydrogens (tertiary/aromatic N) is 2. The Labute approximate surface area is 101 Å². The van der Waals surface area contributed by atoms with E-state index in [-0.39, 0.29) is 0 Å². The van der Waals surface area contributed by atoms with Crippen molar-refractivity contribution in [2.75, 3.05) is 19.6 Å². The van der Waals surface area contributed by atoms with Gasteiger partial charge in [0, 0.05) is 6.42 Å². The molecule has 0 aliphatic carbocycles. The van der Waals surface area contributed by atoms with Crippen LogP contribution in [0.15, 0.2) is 0 Å². The van der Waals surface area contributed by atoms with Crippen LogP contribution in [0.25, 0.3) is 0 Å². The van der Waals surface area contributed by atoms with E-state index in [9.17, 15) is 0 Å². The van der Waals surface area contributed by atoms with Crippen molar-refractivity contribution >= 4 is 0 Å². The zero-order valence-electron chi connectivity index (χ0n) is 11.0. The van der Waals surface area contributed by atoms with Crippen LogP contribution >= 0.6 is 0 Å². The van der Waals surface area contributed by atoms with E-state index in [0.717, 1.165) is 12.8 Å². The Kier molecular flexibility index (Phi) is 5.84. The highest BCUT2D eigenvalue weighted by molar-refractivity contribution is 4.84. The van der Waals surface area contributed by atoms with Gasteiger partial charge in [0.2, 0.25) is 0 Å². The second-order valence-corrected chi connectivity index (χ2v) is 5.16. The van der Waals surface area contributed by atoms with Gasteiger partial charge in [-0.3, -0.25) is 0 Å². The predicted molar refractivity (Wildman–Crippen MR) is 68.2 cm³/mol. The van der Waals surface area contributed by atoms with Crippen LogP contribution in [0.2, 0.25) is 0 Å². The van der Waals surface area contributed by atoms with Gasteiger partial charge in [-0.15, -0.1) is 0 Å². The van der Waals surface area contributed by atoms with Crippen molar-refractivity contribution in [3.8, 4) is 6.07 Å². The monoisotopic (exact) mass is 222 g/mol. The lowest BCUT2D eigenvalue weighted by Crippen LogP contribution is -2.39. The summed E-state index contributed by atoms with van der Waals surface area (Å²) in [6.07, 6.45) is 8.41. The van der Waals surface area contributed by atoms with E-state index >= 15 is 0 Å². The number of hydrogen-bond acceptors (Lipinski definition) is 2. The van der Waals surface area contributed by atoms with E-state index in [1.165, 1.54) is 51.7 Å². The molecule has 0 N–H and O–H groups in total. The number of unbranched alkanes of at least 4 members (excludes halogenated alkanes) is 2. The van der Waals surface area contributed by atoms with Gasteiger partial charge >= 0.3 is 0 Å². The molecule has 1 fully saturated rings. The van der Waals surface area contributed by atoms with Crippen LogP contribution in [0.4, 0.5) is 0 Å². The second-order valence-electron chi connectivity index (χ2n) is 5.16. The lowest BCUT2D eigenvalue weighted by Gasteiger charge is -2.41. The SMILES string of the molecule is CCC1(CC)CCN(CCCCC#N)CC1. The van der Waals surface area contributed by atoms with E-state index in [0.29, 0.717) is 5.41 Å². The summed E-state index contributed by atoms with van der Waals surface area (Å²) in [6, 6.07) is 2.22. The average molecular weight is 222 g/mol. The standard InChI is InChI=1S/C14H26N2/c1-3-14(4-2)8-12-16(13-9-14)11-7-5-6-10-15/h3-9,11-13H2,1-2H3. The van der Waals surface area contributed by atoms with Gasteiger partial charge in [-0.2, -0.15) is 5.26 Å². The van der Waals surface area contributed by atoms with Gasteiger partial charge in [0.05, 0.1) is 6.07 Å². The minimum Gasteiger partial charge on any atom is -0.303 e. The number of hydrogen-bond donors (Lipinski definition) is 0. The summed E-state index contributed by atoms with van der Waals surface area (Å²) in [7, 11) is 0. The molecule has 1 aliphatic rings. The summed E-state index contributed by atoms with van der Waals surface area (Å²) < 4.78 is 0. The molecule has 0 radical (unpaired) electrons. The van der Waals surface area contributed by atoms with Crippen molar-refractivity contribution in [2.45, 2.75) is 58.8 Å². The molecule has 0 aromatic heterocycles. The zero-order valence-corrected chi connectivity index (χ0v) is 11.0. The highest BCUT2D eigenvalue weighted by Gasteiger charge is 2.30. The van der Waals surface area contributed by atoms with Gasteiger partial charge in [0.1, 0.15) is 0 Å². The molecular formula is C14H26N2. The molecule has 0 bridgehead atoms. The maximum absolute atomic E-state index is 8.47. The van der Waals surface area contributed by atoms with Gasteiger partial charge in [-0.05, 0) is 50.7 Å². The fourth-order valence-electron chi connectivity index (χ4n) is 2.75. The second kappa shape index (κ2) is 6.91. The van der Waals surface area contributed by atoms with Crippen molar-refractivity contribution in [1.29, 1.82) is 5.26 Å². The molecule has 0 aromatic carbocycles. The Balaban J connectivity index is 2.19. The molecule has 0 amide bonds. The Morgan fingerprint density at radius 3 is 2.25 bits per heavy atom. The fraction of sp³-hybridized carbons (Fsp3) is 0.929. The van der Waals surface area contributed by atoms with E-state index in [1.54, 1.807) is 0 Å². The quantitative estimate of drug-likeness (QED) is 0.642. The summed E-state index contributed by atoms with van der Waals surface area (Å²) in [5.41, 5.74) is 0.642. The number of piperidine rings is 1. The number of nitriles is 1. The first-order chi connectivity index (χ1) is 7.76. The van der Waals surface area contributed by atoms with E-state index in [4.69, 9.17) is 5.26 Å². The smallest absolute Gasteiger partial charge is 0.0621 e. The molecule has 2 nitrogen and oxygen atoms in total. The predicted octanol–water partition coefficient (Wildman–Crippen LogP) is 3.58. The Morgan fingerprint density at radius 1 is 1.12 bits per heavy atom. The third kappa shape index (κ3) is 3.79. The fourth-order valence-corrected chi connectivity index (χ4v) is 2.75. The normalized spacial score (nSPS) is 20.6. The zero-order chi connectivity index (χ0) is 11.9. The Morgan fingerprint density at radius 2 is 1.75 bits per heavy atom. The molecule has 1 rings (SSSR count). The van der Waals surface area contributed by atoms with Crippen molar-refractivity contribution in [2.24, 2.45) is 5.41 Å². The highest BCUT2D eigenvalue weighted by atomic mass is 15.1. The summed E-state index contributed by atoms with van der Waals surface area (Å²) in [5.74, 6) is 0. The van der Waals surface area contributed by atoms with Crippen LogP contribution in [0.5, 0.6) is 0 Å². The molecule has 0 unspecified atom stereocenters. The topological polar surface area (TPSA) is 27.0 Å². The molecular weight excluding hydrogens is 196 g/mol. The largest absolute Gasteiger partial charge is 0.303 e. The van der Waals surface area contributed by atoms with E-state index in [1.807, 2.05) is 0 Å². The third-order valence-corrected chi connectivity index (χ3v) is 4.43. The lowest BCUT2D eigenvalue weighted by atomic mass is 9.74. The summed E-state index contributed by atoms with van der Waals surface area (Å²) >= 11 is 0. The van der Waals surface area contributed by atoms with Gasteiger partial charge in [-0.1, -0.05) is 26.7 Å². The highest BCUT2D eigenvalue weighted by Crippen LogP contribution is 2.37. The minimum atomic E-state index is 0.642. The molecule has 1 saturated heterocycles. The minimum absolute atomic E-state index is 0.642. The molecule has 2 heteroatoms. The van der Waals surface area contributed by atoms with Crippen molar-refractivity contribution in [1.82, 2.24) is 4.90 Å². The summed E-state index contributed by atoms with van der Waals surface area (Å²) in [5, 5.41) is 8.47. The van der Waals surface area contributed by atoms with Crippen LogP contribution in [0.1, 0.15) is 58.8 Å². The first-order valence-corrected chi connectivity index (χ1v) is 6.85. The van der Waals surface area contributed by atoms with Crippen LogP contribution in [0.3, 0.4) is 0 Å². The molecule has 1 heterocycles. The van der Waals surface area contributed by atoms with Crippen LogP contribution < -0.4 is 0 Å². The third-order valence-electron chi connectivity index (χ3n) is 4.43. The molecule has 92 valence electrons. The van der Waals surface area contributed by atoms with Gasteiger partial charge in [-0.25, -0.2) is 0 Å². The maximum Gasteiger partial charge on any atom is 0.0621 e. The molecule has 0 atom stereocenters. The maximum atomic E-state index is 8.47. The molecule has 1 aliphatic heterocycles. The number of likely N-dealkylation sites (tertiary alicyclic amines) is 1. The number of rotatable bonds is 6. The first kappa shape index (κ1) is 13.5. The van der Waals surface area contributed by atoms with Crippen LogP contribution in [-0.2, 0) is 0 Å². The van der Waals surface area contributed by atoms with Crippen molar-refractivity contribution < 1.29 is 0 Å². The van der Waals surface area contributed by atoms with Crippen molar-refractivity contribution in [3.05, 3.63) is 0 Å². The Bertz CT molecular complexity index is 215. The van der Waals surface area contributed by atoms with E-state index < -0.39 is 0 Å². The average Bonchev–Trinajstić information content (AvgIpc) is 2.36. The molecule has 16 heavy (non-hydrogen) atoms. The first-order valence-electron chi connectivity index (χ1n) is 6.85. The van der Waals surface area contributed by atoms with Crippen molar-refractivity contribution in [3.63, 3.8) is 0 Å². The molecule has 0 spiro atoms. The lowest BCUT2D eigenvalue weighted by molar-refractivity contribution is 0.0944. The summed E-state index contributed by atoms with van der Waals surface area (Å²) in [6.45, 7) is 8.42. The molecule has 0 saturated carbocycles. The van der Waals surface area contributed by atoms with Gasteiger partial charge < -0.3 is 4.90 Å². The van der Waals surface area contributed by atoms with Crippen LogP contribution in [0, 0.1) is 16.7 Å².